The molecule has 0 radical (unpaired) electrons. The van der Waals surface area contributed by atoms with Gasteiger partial charge in [-0.2, -0.15) is 0 Å². The second-order valence-electron chi connectivity index (χ2n) is 9.11. The molecule has 0 bridgehead atoms. The van der Waals surface area contributed by atoms with E-state index in [-0.39, 0.29) is 24.3 Å². The van der Waals surface area contributed by atoms with Crippen molar-refractivity contribution in [1.29, 1.82) is 0 Å². The molecule has 1 aromatic heterocycles. The first-order valence-corrected chi connectivity index (χ1v) is 12.4. The number of anilines is 1. The number of nitrogens with zero attached hydrogens (tertiary/aromatic N) is 5. The van der Waals surface area contributed by atoms with Gasteiger partial charge < -0.3 is 24.2 Å². The smallest absolute Gasteiger partial charge is 0.242 e. The highest BCUT2D eigenvalue weighted by Gasteiger charge is 2.31. The van der Waals surface area contributed by atoms with Gasteiger partial charge in [-0.05, 0) is 55.7 Å². The van der Waals surface area contributed by atoms with Gasteiger partial charge in [-0.1, -0.05) is 6.42 Å². The van der Waals surface area contributed by atoms with Gasteiger partial charge in [0.1, 0.15) is 5.75 Å². The summed E-state index contributed by atoms with van der Waals surface area (Å²) in [7, 11) is 3.26. The highest BCUT2D eigenvalue weighted by atomic mass is 16.5. The van der Waals surface area contributed by atoms with Crippen LogP contribution < -0.4 is 9.64 Å². The predicted octanol–water partition coefficient (Wildman–Crippen LogP) is 2.47. The van der Waals surface area contributed by atoms with Crippen LogP contribution in [-0.4, -0.2) is 91.9 Å². The minimum Gasteiger partial charge on any atom is -0.497 e. The van der Waals surface area contributed by atoms with E-state index >= 15 is 0 Å². The molecule has 0 unspecified atom stereocenters. The summed E-state index contributed by atoms with van der Waals surface area (Å²) in [6.45, 7) is 3.75. The highest BCUT2D eigenvalue weighted by Crippen LogP contribution is 2.28. The fourth-order valence-electron chi connectivity index (χ4n) is 4.45. The van der Waals surface area contributed by atoms with Gasteiger partial charge in [-0.15, -0.1) is 10.2 Å². The number of carbonyl (C=O) groups excluding carboxylic acids is 2. The standard InChI is InChI=1S/C26H35N5O4/c1-34-18-17-31(26(33)21-5-3-6-21)19-25(32)30-14-4-13-29(15-16-30)24-12-11-23(27-28-24)20-7-9-22(35-2)10-8-20/h7-12,21H,3-6,13-19H2,1-2H3. The first-order valence-electron chi connectivity index (χ1n) is 12.4. The molecule has 1 aliphatic carbocycles. The molecule has 2 heterocycles. The third-order valence-electron chi connectivity index (χ3n) is 6.87. The van der Waals surface area contributed by atoms with E-state index in [2.05, 4.69) is 15.1 Å². The third kappa shape index (κ3) is 6.28. The van der Waals surface area contributed by atoms with Crippen LogP contribution in [0.1, 0.15) is 25.7 Å². The Balaban J connectivity index is 1.33. The number of rotatable bonds is 9. The van der Waals surface area contributed by atoms with E-state index in [4.69, 9.17) is 9.47 Å². The lowest BCUT2D eigenvalue weighted by Gasteiger charge is -2.32. The number of aromatic nitrogens is 2. The van der Waals surface area contributed by atoms with Gasteiger partial charge in [0.15, 0.2) is 5.82 Å². The number of carbonyl (C=O) groups is 2. The first-order chi connectivity index (χ1) is 17.1. The molecule has 9 nitrogen and oxygen atoms in total. The highest BCUT2D eigenvalue weighted by molar-refractivity contribution is 5.86. The number of amides is 2. The molecule has 188 valence electrons. The first kappa shape index (κ1) is 24.9. The van der Waals surface area contributed by atoms with Crippen molar-refractivity contribution < 1.29 is 19.1 Å². The van der Waals surface area contributed by atoms with Crippen molar-refractivity contribution in [2.75, 3.05) is 65.0 Å². The topological polar surface area (TPSA) is 88.1 Å². The maximum absolute atomic E-state index is 13.1. The molecule has 1 aliphatic heterocycles. The zero-order valence-corrected chi connectivity index (χ0v) is 20.7. The van der Waals surface area contributed by atoms with Crippen LogP contribution in [0, 0.1) is 5.92 Å². The van der Waals surface area contributed by atoms with Crippen molar-refractivity contribution in [3.05, 3.63) is 36.4 Å². The fourth-order valence-corrected chi connectivity index (χ4v) is 4.45. The second-order valence-corrected chi connectivity index (χ2v) is 9.11. The minimum absolute atomic E-state index is 0.00318. The van der Waals surface area contributed by atoms with Gasteiger partial charge in [-0.25, -0.2) is 0 Å². The van der Waals surface area contributed by atoms with Crippen LogP contribution >= 0.6 is 0 Å². The molecule has 1 saturated carbocycles. The van der Waals surface area contributed by atoms with E-state index in [1.54, 1.807) is 19.1 Å². The van der Waals surface area contributed by atoms with Crippen LogP contribution in [-0.2, 0) is 14.3 Å². The van der Waals surface area contributed by atoms with Crippen molar-refractivity contribution in [2.45, 2.75) is 25.7 Å². The van der Waals surface area contributed by atoms with Crippen LogP contribution in [0.25, 0.3) is 11.3 Å². The van der Waals surface area contributed by atoms with Crippen LogP contribution in [0.3, 0.4) is 0 Å². The summed E-state index contributed by atoms with van der Waals surface area (Å²) in [6, 6.07) is 11.7. The van der Waals surface area contributed by atoms with E-state index < -0.39 is 0 Å². The summed E-state index contributed by atoms with van der Waals surface area (Å²) in [6.07, 6.45) is 3.78. The molecule has 0 spiro atoms. The molecule has 35 heavy (non-hydrogen) atoms. The van der Waals surface area contributed by atoms with Crippen molar-refractivity contribution in [3.63, 3.8) is 0 Å². The van der Waals surface area contributed by atoms with Gasteiger partial charge in [0.05, 0.1) is 26.0 Å². The molecule has 2 amide bonds. The molecule has 2 fully saturated rings. The Morgan fingerprint density at radius 3 is 2.40 bits per heavy atom. The molecular formula is C26H35N5O4. The van der Waals surface area contributed by atoms with Crippen LogP contribution in [0.15, 0.2) is 36.4 Å². The molecule has 0 N–H and O–H groups in total. The van der Waals surface area contributed by atoms with E-state index in [1.807, 2.05) is 41.3 Å². The van der Waals surface area contributed by atoms with Crippen molar-refractivity contribution in [2.24, 2.45) is 5.92 Å². The SMILES string of the molecule is COCCN(CC(=O)N1CCCN(c2ccc(-c3ccc(OC)cc3)nn2)CC1)C(=O)C1CCC1. The summed E-state index contributed by atoms with van der Waals surface area (Å²) in [5.41, 5.74) is 1.78. The maximum Gasteiger partial charge on any atom is 0.242 e. The average Bonchev–Trinajstić information content (AvgIpc) is 3.12. The Labute approximate surface area is 207 Å². The van der Waals surface area contributed by atoms with E-state index in [9.17, 15) is 9.59 Å². The van der Waals surface area contributed by atoms with Crippen molar-refractivity contribution in [3.8, 4) is 17.0 Å². The fraction of sp³-hybridized carbons (Fsp3) is 0.538. The molecule has 1 aromatic carbocycles. The lowest BCUT2D eigenvalue weighted by Crippen LogP contribution is -2.47. The number of methoxy groups -OCH3 is 2. The molecule has 4 rings (SSSR count). The Kier molecular flexibility index (Phi) is 8.52. The summed E-state index contributed by atoms with van der Waals surface area (Å²) in [5.74, 6) is 1.76. The third-order valence-corrected chi connectivity index (χ3v) is 6.87. The number of hydrogen-bond donors (Lipinski definition) is 0. The Morgan fingerprint density at radius 1 is 0.971 bits per heavy atom. The lowest BCUT2D eigenvalue weighted by atomic mass is 9.84. The van der Waals surface area contributed by atoms with Gasteiger partial charge in [0, 0.05) is 51.3 Å². The van der Waals surface area contributed by atoms with Gasteiger partial charge in [0.25, 0.3) is 0 Å². The zero-order valence-electron chi connectivity index (χ0n) is 20.7. The second kappa shape index (κ2) is 12.0. The van der Waals surface area contributed by atoms with Crippen molar-refractivity contribution in [1.82, 2.24) is 20.0 Å². The minimum atomic E-state index is -0.00318. The van der Waals surface area contributed by atoms with Crippen LogP contribution in [0.2, 0.25) is 0 Å². The molecule has 0 atom stereocenters. The van der Waals surface area contributed by atoms with E-state index in [1.165, 1.54) is 0 Å². The van der Waals surface area contributed by atoms with Gasteiger partial charge in [-0.3, -0.25) is 9.59 Å². The monoisotopic (exact) mass is 481 g/mol. The largest absolute Gasteiger partial charge is 0.497 e. The normalized spacial score (nSPS) is 16.4. The summed E-state index contributed by atoms with van der Waals surface area (Å²) in [4.78, 5) is 31.6. The number of ether oxygens (including phenoxy) is 2. The number of benzene rings is 1. The Bertz CT molecular complexity index is 978. The van der Waals surface area contributed by atoms with Gasteiger partial charge in [0.2, 0.25) is 11.8 Å². The summed E-state index contributed by atoms with van der Waals surface area (Å²) in [5, 5.41) is 8.86. The summed E-state index contributed by atoms with van der Waals surface area (Å²) >= 11 is 0. The predicted molar refractivity (Wildman–Crippen MR) is 133 cm³/mol. The maximum atomic E-state index is 13.1. The average molecular weight is 482 g/mol. The molecule has 1 saturated heterocycles. The Hall–Kier alpha value is -3.20. The van der Waals surface area contributed by atoms with E-state index in [0.717, 1.165) is 55.1 Å². The van der Waals surface area contributed by atoms with Crippen molar-refractivity contribution >= 4 is 17.6 Å². The molecular weight excluding hydrogens is 446 g/mol. The quantitative estimate of drug-likeness (QED) is 0.544. The van der Waals surface area contributed by atoms with Crippen LogP contribution in [0.4, 0.5) is 5.82 Å². The molecule has 2 aliphatic rings. The van der Waals surface area contributed by atoms with Gasteiger partial charge >= 0.3 is 0 Å². The Morgan fingerprint density at radius 2 is 1.77 bits per heavy atom. The van der Waals surface area contributed by atoms with E-state index in [0.29, 0.717) is 32.8 Å². The molecule has 2 aromatic rings. The number of hydrogen-bond acceptors (Lipinski definition) is 7. The van der Waals surface area contributed by atoms with Crippen LogP contribution in [0.5, 0.6) is 5.75 Å². The zero-order chi connectivity index (χ0) is 24.6. The lowest BCUT2D eigenvalue weighted by molar-refractivity contribution is -0.145. The molecule has 9 heteroatoms. The summed E-state index contributed by atoms with van der Waals surface area (Å²) < 4.78 is 10.4.